The first-order valence-electron chi connectivity index (χ1n) is 7.39. The molecule has 6 heteroatoms. The van der Waals surface area contributed by atoms with Crippen molar-refractivity contribution < 1.29 is 9.94 Å². The Kier molecular flexibility index (Phi) is 5.01. The van der Waals surface area contributed by atoms with Crippen molar-refractivity contribution in [2.45, 2.75) is 39.7 Å². The molecule has 21 heavy (non-hydrogen) atoms. The highest BCUT2D eigenvalue weighted by Gasteiger charge is 2.23. The molecule has 1 aliphatic rings. The molecule has 0 aliphatic carbocycles. The number of oxime groups is 1. The third-order valence-electron chi connectivity index (χ3n) is 3.86. The number of aryl methyl sites for hydroxylation is 2. The maximum Gasteiger partial charge on any atom is 0.174 e. The molecule has 0 aromatic carbocycles. The number of hydrogen-bond acceptors (Lipinski definition) is 5. The highest BCUT2D eigenvalue weighted by Crippen LogP contribution is 2.27. The second-order valence-corrected chi connectivity index (χ2v) is 5.37. The number of aromatic nitrogens is 1. The number of nitrogens with zero attached hydrogens (tertiary/aromatic N) is 3. The van der Waals surface area contributed by atoms with E-state index in [4.69, 9.17) is 15.7 Å². The van der Waals surface area contributed by atoms with Crippen LogP contribution in [0.2, 0.25) is 0 Å². The molecular formula is C15H24N4O2. The standard InChI is InChI=1S/C15H24N4O2/c1-4-21-12-5-7-19(8-6-12)13-9-10(2)17-11(3)14(13)15(16)18-20/h9,12,20H,4-8H2,1-3H3,(H2,16,18). The molecule has 0 atom stereocenters. The molecule has 1 saturated heterocycles. The van der Waals surface area contributed by atoms with Crippen molar-refractivity contribution in [3.8, 4) is 0 Å². The summed E-state index contributed by atoms with van der Waals surface area (Å²) in [5, 5.41) is 12.2. The maximum absolute atomic E-state index is 9.01. The van der Waals surface area contributed by atoms with Crippen molar-refractivity contribution in [1.29, 1.82) is 0 Å². The number of rotatable bonds is 4. The number of piperidine rings is 1. The smallest absolute Gasteiger partial charge is 0.174 e. The van der Waals surface area contributed by atoms with Gasteiger partial charge < -0.3 is 20.6 Å². The molecular weight excluding hydrogens is 268 g/mol. The highest BCUT2D eigenvalue weighted by molar-refractivity contribution is 6.03. The van der Waals surface area contributed by atoms with Crippen LogP contribution in [-0.2, 0) is 4.74 Å². The quantitative estimate of drug-likeness (QED) is 0.382. The molecule has 0 bridgehead atoms. The molecule has 2 rings (SSSR count). The third kappa shape index (κ3) is 3.44. The van der Waals surface area contributed by atoms with Crippen molar-refractivity contribution in [2.75, 3.05) is 24.6 Å². The minimum Gasteiger partial charge on any atom is -0.409 e. The van der Waals surface area contributed by atoms with E-state index in [9.17, 15) is 0 Å². The summed E-state index contributed by atoms with van der Waals surface area (Å²) in [7, 11) is 0. The monoisotopic (exact) mass is 292 g/mol. The van der Waals surface area contributed by atoms with E-state index in [-0.39, 0.29) is 5.84 Å². The van der Waals surface area contributed by atoms with Gasteiger partial charge in [-0.3, -0.25) is 4.98 Å². The zero-order chi connectivity index (χ0) is 15.4. The van der Waals surface area contributed by atoms with Gasteiger partial charge in [-0.25, -0.2) is 0 Å². The van der Waals surface area contributed by atoms with Gasteiger partial charge in [0.05, 0.1) is 23.0 Å². The van der Waals surface area contributed by atoms with Crippen molar-refractivity contribution in [3.05, 3.63) is 23.0 Å². The van der Waals surface area contributed by atoms with Crippen LogP contribution in [0, 0.1) is 13.8 Å². The van der Waals surface area contributed by atoms with Gasteiger partial charge in [0.15, 0.2) is 5.84 Å². The van der Waals surface area contributed by atoms with Gasteiger partial charge in [0, 0.05) is 25.4 Å². The average Bonchev–Trinajstić information content (AvgIpc) is 2.47. The first-order valence-corrected chi connectivity index (χ1v) is 7.39. The Morgan fingerprint density at radius 1 is 1.48 bits per heavy atom. The Morgan fingerprint density at radius 2 is 2.14 bits per heavy atom. The molecule has 3 N–H and O–H groups in total. The Bertz CT molecular complexity index is 523. The fraction of sp³-hybridized carbons (Fsp3) is 0.600. The van der Waals surface area contributed by atoms with Crippen LogP contribution >= 0.6 is 0 Å². The van der Waals surface area contributed by atoms with Crippen LogP contribution in [0.3, 0.4) is 0 Å². The summed E-state index contributed by atoms with van der Waals surface area (Å²) in [5.41, 5.74) is 9.27. The molecule has 0 amide bonds. The second kappa shape index (κ2) is 6.76. The van der Waals surface area contributed by atoms with Crippen LogP contribution in [-0.4, -0.2) is 41.8 Å². The normalized spacial score (nSPS) is 17.3. The predicted octanol–water partition coefficient (Wildman–Crippen LogP) is 1.80. The Morgan fingerprint density at radius 3 is 2.71 bits per heavy atom. The molecule has 2 heterocycles. The van der Waals surface area contributed by atoms with Crippen LogP contribution in [0.5, 0.6) is 0 Å². The molecule has 1 aromatic heterocycles. The number of amidine groups is 1. The minimum absolute atomic E-state index is 0.113. The van der Waals surface area contributed by atoms with Crippen molar-refractivity contribution >= 4 is 11.5 Å². The Hall–Kier alpha value is -1.82. The minimum atomic E-state index is 0.113. The molecule has 116 valence electrons. The van der Waals surface area contributed by atoms with Crippen LogP contribution in [0.4, 0.5) is 5.69 Å². The molecule has 0 spiro atoms. The summed E-state index contributed by atoms with van der Waals surface area (Å²) in [5.74, 6) is 0.113. The number of anilines is 1. The lowest BCUT2D eigenvalue weighted by molar-refractivity contribution is 0.0459. The second-order valence-electron chi connectivity index (χ2n) is 5.37. The first kappa shape index (κ1) is 15.6. The third-order valence-corrected chi connectivity index (χ3v) is 3.86. The van der Waals surface area contributed by atoms with E-state index < -0.39 is 0 Å². The van der Waals surface area contributed by atoms with E-state index in [1.165, 1.54) is 0 Å². The maximum atomic E-state index is 9.01. The van der Waals surface area contributed by atoms with E-state index in [1.807, 2.05) is 26.8 Å². The predicted molar refractivity (Wildman–Crippen MR) is 83.1 cm³/mol. The number of hydrogen-bond donors (Lipinski definition) is 2. The fourth-order valence-electron chi connectivity index (χ4n) is 2.92. The molecule has 1 fully saturated rings. The number of pyridine rings is 1. The largest absolute Gasteiger partial charge is 0.409 e. The first-order chi connectivity index (χ1) is 10.1. The van der Waals surface area contributed by atoms with Crippen LogP contribution in [0.15, 0.2) is 11.2 Å². The van der Waals surface area contributed by atoms with Gasteiger partial charge in [-0.2, -0.15) is 0 Å². The molecule has 1 aliphatic heterocycles. The average molecular weight is 292 g/mol. The number of ether oxygens (including phenoxy) is 1. The lowest BCUT2D eigenvalue weighted by Crippen LogP contribution is -2.38. The van der Waals surface area contributed by atoms with Crippen molar-refractivity contribution in [2.24, 2.45) is 10.9 Å². The van der Waals surface area contributed by atoms with Gasteiger partial charge in [0.1, 0.15) is 0 Å². The fourth-order valence-corrected chi connectivity index (χ4v) is 2.92. The zero-order valence-corrected chi connectivity index (χ0v) is 13.0. The van der Waals surface area contributed by atoms with E-state index in [2.05, 4.69) is 15.0 Å². The van der Waals surface area contributed by atoms with Gasteiger partial charge in [-0.1, -0.05) is 5.16 Å². The SMILES string of the molecule is CCOC1CCN(c2cc(C)nc(C)c2/C(N)=N/O)CC1. The van der Waals surface area contributed by atoms with Gasteiger partial charge >= 0.3 is 0 Å². The zero-order valence-electron chi connectivity index (χ0n) is 13.0. The van der Waals surface area contributed by atoms with Gasteiger partial charge in [-0.15, -0.1) is 0 Å². The topological polar surface area (TPSA) is 84.0 Å². The van der Waals surface area contributed by atoms with E-state index in [1.54, 1.807) is 0 Å². The summed E-state index contributed by atoms with van der Waals surface area (Å²) < 4.78 is 5.69. The molecule has 0 saturated carbocycles. The summed E-state index contributed by atoms with van der Waals surface area (Å²) >= 11 is 0. The summed E-state index contributed by atoms with van der Waals surface area (Å²) in [4.78, 5) is 6.69. The van der Waals surface area contributed by atoms with E-state index in [0.29, 0.717) is 6.10 Å². The van der Waals surface area contributed by atoms with Crippen molar-refractivity contribution in [3.63, 3.8) is 0 Å². The van der Waals surface area contributed by atoms with Gasteiger partial charge in [0.2, 0.25) is 0 Å². The summed E-state index contributed by atoms with van der Waals surface area (Å²) in [6, 6.07) is 2.00. The lowest BCUT2D eigenvalue weighted by atomic mass is 10.0. The molecule has 1 aromatic rings. The Labute approximate surface area is 125 Å². The van der Waals surface area contributed by atoms with E-state index in [0.717, 1.165) is 55.2 Å². The highest BCUT2D eigenvalue weighted by atomic mass is 16.5. The van der Waals surface area contributed by atoms with Gasteiger partial charge in [0.25, 0.3) is 0 Å². The van der Waals surface area contributed by atoms with Crippen LogP contribution < -0.4 is 10.6 Å². The number of nitrogens with two attached hydrogens (primary N) is 1. The molecule has 6 nitrogen and oxygen atoms in total. The summed E-state index contributed by atoms with van der Waals surface area (Å²) in [6.07, 6.45) is 2.32. The van der Waals surface area contributed by atoms with Crippen LogP contribution in [0.1, 0.15) is 36.7 Å². The lowest BCUT2D eigenvalue weighted by Gasteiger charge is -2.34. The van der Waals surface area contributed by atoms with Gasteiger partial charge in [-0.05, 0) is 39.7 Å². The van der Waals surface area contributed by atoms with E-state index >= 15 is 0 Å². The summed E-state index contributed by atoms with van der Waals surface area (Å²) in [6.45, 7) is 8.43. The Balaban J connectivity index is 2.27. The molecule has 0 radical (unpaired) electrons. The van der Waals surface area contributed by atoms with Crippen molar-refractivity contribution in [1.82, 2.24) is 4.98 Å². The van der Waals surface area contributed by atoms with Crippen LogP contribution in [0.25, 0.3) is 0 Å². The molecule has 0 unspecified atom stereocenters.